The van der Waals surface area contributed by atoms with Crippen molar-refractivity contribution < 1.29 is 9.50 Å². The maximum Gasteiger partial charge on any atom is 0.198 e. The molecule has 0 spiro atoms. The van der Waals surface area contributed by atoms with Crippen LogP contribution < -0.4 is 16.8 Å². The predicted octanol–water partition coefficient (Wildman–Crippen LogP) is 3.54. The first kappa shape index (κ1) is 17.2. The summed E-state index contributed by atoms with van der Waals surface area (Å²) >= 11 is 0. The fourth-order valence-electron chi connectivity index (χ4n) is 2.56. The molecule has 3 aromatic rings. The maximum atomic E-state index is 14.1. The number of halogens is 1. The van der Waals surface area contributed by atoms with Crippen molar-refractivity contribution in [2.75, 3.05) is 11.1 Å². The Hall–Kier alpha value is -3.61. The normalized spacial score (nSPS) is 11.4. The van der Waals surface area contributed by atoms with Crippen molar-refractivity contribution in [3.05, 3.63) is 66.2 Å². The van der Waals surface area contributed by atoms with Crippen LogP contribution in [0.25, 0.3) is 11.1 Å². The zero-order chi connectivity index (χ0) is 18.7. The number of phenols is 1. The van der Waals surface area contributed by atoms with Crippen molar-refractivity contribution in [1.29, 1.82) is 0 Å². The molecule has 0 fully saturated rings. The van der Waals surface area contributed by atoms with Gasteiger partial charge in [0.1, 0.15) is 11.6 Å². The van der Waals surface area contributed by atoms with E-state index in [-0.39, 0.29) is 17.3 Å². The van der Waals surface area contributed by atoms with Crippen molar-refractivity contribution in [1.82, 2.24) is 4.98 Å². The van der Waals surface area contributed by atoms with Crippen molar-refractivity contribution >= 4 is 23.0 Å². The zero-order valence-corrected chi connectivity index (χ0v) is 14.1. The number of nitrogen functional groups attached to an aromatic ring is 1. The molecule has 0 aliphatic heterocycles. The highest BCUT2D eigenvalue weighted by atomic mass is 19.1. The number of pyridine rings is 1. The number of anilines is 2. The Morgan fingerprint density at radius 2 is 2.00 bits per heavy atom. The molecule has 0 aliphatic carbocycles. The fraction of sp³-hybridized carbons (Fsp3) is 0.0526. The number of phenolic OH excluding ortho intramolecular Hbond substituents is 1. The van der Waals surface area contributed by atoms with Crippen LogP contribution in [0.3, 0.4) is 0 Å². The van der Waals surface area contributed by atoms with Crippen LogP contribution in [0, 0.1) is 12.7 Å². The van der Waals surface area contributed by atoms with Crippen LogP contribution in [0.5, 0.6) is 5.75 Å². The zero-order valence-electron chi connectivity index (χ0n) is 14.1. The minimum absolute atomic E-state index is 0.0219. The number of rotatable bonds is 3. The van der Waals surface area contributed by atoms with Crippen LogP contribution >= 0.6 is 0 Å². The molecule has 7 heteroatoms. The second-order valence-electron chi connectivity index (χ2n) is 5.75. The van der Waals surface area contributed by atoms with Crippen LogP contribution in [0.4, 0.5) is 21.5 Å². The number of hydrogen-bond acceptors (Lipinski definition) is 4. The Balaban J connectivity index is 1.94. The molecule has 1 aromatic heterocycles. The molecular weight excluding hydrogens is 333 g/mol. The van der Waals surface area contributed by atoms with Gasteiger partial charge >= 0.3 is 0 Å². The van der Waals surface area contributed by atoms with Gasteiger partial charge in [-0.05, 0) is 60.5 Å². The van der Waals surface area contributed by atoms with E-state index in [1.807, 2.05) is 6.92 Å². The molecule has 2 aromatic carbocycles. The lowest BCUT2D eigenvalue weighted by Crippen LogP contribution is -2.22. The smallest absolute Gasteiger partial charge is 0.198 e. The Morgan fingerprint density at radius 1 is 1.19 bits per heavy atom. The molecule has 3 rings (SSSR count). The van der Waals surface area contributed by atoms with E-state index in [1.165, 1.54) is 18.2 Å². The summed E-state index contributed by atoms with van der Waals surface area (Å²) in [6.45, 7) is 1.81. The Bertz CT molecular complexity index is 973. The van der Waals surface area contributed by atoms with E-state index in [1.54, 1.807) is 36.7 Å². The van der Waals surface area contributed by atoms with E-state index >= 15 is 0 Å². The summed E-state index contributed by atoms with van der Waals surface area (Å²) in [5.41, 5.74) is 15.1. The molecule has 0 amide bonds. The molecule has 0 bridgehead atoms. The molecule has 6 nitrogen and oxygen atoms in total. The van der Waals surface area contributed by atoms with Crippen LogP contribution in [0.15, 0.2) is 59.9 Å². The van der Waals surface area contributed by atoms with E-state index in [0.717, 1.165) is 5.56 Å². The second-order valence-corrected chi connectivity index (χ2v) is 5.75. The van der Waals surface area contributed by atoms with E-state index in [9.17, 15) is 9.50 Å². The number of guanidine groups is 1. The van der Waals surface area contributed by atoms with Crippen molar-refractivity contribution in [2.24, 2.45) is 10.7 Å². The third-order valence-electron chi connectivity index (χ3n) is 3.79. The lowest BCUT2D eigenvalue weighted by atomic mass is 9.98. The van der Waals surface area contributed by atoms with Crippen molar-refractivity contribution in [2.45, 2.75) is 6.92 Å². The third kappa shape index (κ3) is 3.72. The molecule has 0 atom stereocenters. The van der Waals surface area contributed by atoms with E-state index < -0.39 is 5.82 Å². The van der Waals surface area contributed by atoms with Gasteiger partial charge in [-0.2, -0.15) is 0 Å². The average molecular weight is 351 g/mol. The minimum Gasteiger partial charge on any atom is -0.508 e. The maximum absolute atomic E-state index is 14.1. The average Bonchev–Trinajstić information content (AvgIpc) is 2.61. The molecule has 1 heterocycles. The van der Waals surface area contributed by atoms with E-state index in [4.69, 9.17) is 11.5 Å². The van der Waals surface area contributed by atoms with Crippen molar-refractivity contribution in [3.8, 4) is 16.9 Å². The number of aromatic nitrogens is 1. The summed E-state index contributed by atoms with van der Waals surface area (Å²) in [5, 5.41) is 12.5. The first-order valence-corrected chi connectivity index (χ1v) is 7.84. The summed E-state index contributed by atoms with van der Waals surface area (Å²) in [5.74, 6) is -0.314. The highest BCUT2D eigenvalue weighted by Gasteiger charge is 2.12. The summed E-state index contributed by atoms with van der Waals surface area (Å²) in [6.07, 6.45) is 3.27. The van der Waals surface area contributed by atoms with Gasteiger partial charge in [-0.1, -0.05) is 0 Å². The Morgan fingerprint density at radius 3 is 2.73 bits per heavy atom. The molecule has 0 radical (unpaired) electrons. The van der Waals surface area contributed by atoms with Gasteiger partial charge in [-0.3, -0.25) is 4.98 Å². The van der Waals surface area contributed by atoms with Crippen LogP contribution in [-0.4, -0.2) is 16.1 Å². The SMILES string of the molecule is Cc1cc(N=C(N)Nc2cccnc2)c(N)cc1-c1cc(O)ccc1F. The number of nitrogens with two attached hydrogens (primary N) is 2. The quantitative estimate of drug-likeness (QED) is 0.328. The molecule has 26 heavy (non-hydrogen) atoms. The summed E-state index contributed by atoms with van der Waals surface area (Å²) < 4.78 is 14.1. The molecule has 0 saturated carbocycles. The number of nitrogens with zero attached hydrogens (tertiary/aromatic N) is 2. The molecule has 0 aliphatic rings. The van der Waals surface area contributed by atoms with Crippen molar-refractivity contribution in [3.63, 3.8) is 0 Å². The van der Waals surface area contributed by atoms with Gasteiger partial charge in [-0.25, -0.2) is 9.38 Å². The standard InChI is InChI=1S/C19H18FN5O/c1-11-7-18(25-19(22)24-12-3-2-6-23-10-12)17(21)9-14(11)15-8-13(26)4-5-16(15)20/h2-10,26H,21H2,1H3,(H3,22,24,25). The largest absolute Gasteiger partial charge is 0.508 e. The van der Waals surface area contributed by atoms with Gasteiger partial charge in [0.15, 0.2) is 5.96 Å². The second kappa shape index (κ2) is 7.10. The first-order chi connectivity index (χ1) is 12.4. The highest BCUT2D eigenvalue weighted by molar-refractivity contribution is 5.95. The van der Waals surface area contributed by atoms with Crippen LogP contribution in [-0.2, 0) is 0 Å². The molecule has 132 valence electrons. The number of benzene rings is 2. The van der Waals surface area contributed by atoms with Gasteiger partial charge in [0.2, 0.25) is 0 Å². The highest BCUT2D eigenvalue weighted by Crippen LogP contribution is 2.35. The predicted molar refractivity (Wildman–Crippen MR) is 102 cm³/mol. The number of hydrogen-bond donors (Lipinski definition) is 4. The minimum atomic E-state index is -0.445. The topological polar surface area (TPSA) is 110 Å². The molecule has 0 saturated heterocycles. The number of nitrogens with one attached hydrogen (secondary N) is 1. The molecule has 6 N–H and O–H groups in total. The summed E-state index contributed by atoms with van der Waals surface area (Å²) in [7, 11) is 0. The Kier molecular flexibility index (Phi) is 4.70. The lowest BCUT2D eigenvalue weighted by Gasteiger charge is -2.12. The van der Waals surface area contributed by atoms with Crippen LogP contribution in [0.1, 0.15) is 5.56 Å². The number of aryl methyl sites for hydroxylation is 1. The van der Waals surface area contributed by atoms with Gasteiger partial charge in [0.05, 0.1) is 23.3 Å². The van der Waals surface area contributed by atoms with Gasteiger partial charge in [0, 0.05) is 11.8 Å². The van der Waals surface area contributed by atoms with Gasteiger partial charge < -0.3 is 21.9 Å². The summed E-state index contributed by atoms with van der Waals surface area (Å²) in [6, 6.07) is 10.8. The number of aromatic hydroxyl groups is 1. The number of aliphatic imine (C=N–C) groups is 1. The third-order valence-corrected chi connectivity index (χ3v) is 3.79. The first-order valence-electron chi connectivity index (χ1n) is 7.84. The monoisotopic (exact) mass is 351 g/mol. The van der Waals surface area contributed by atoms with E-state index in [2.05, 4.69) is 15.3 Å². The Labute approximate surface area is 150 Å². The fourth-order valence-corrected chi connectivity index (χ4v) is 2.56. The lowest BCUT2D eigenvalue weighted by molar-refractivity contribution is 0.473. The van der Waals surface area contributed by atoms with Crippen LogP contribution in [0.2, 0.25) is 0 Å². The van der Waals surface area contributed by atoms with Gasteiger partial charge in [-0.15, -0.1) is 0 Å². The molecule has 0 unspecified atom stereocenters. The van der Waals surface area contributed by atoms with Gasteiger partial charge in [0.25, 0.3) is 0 Å². The molecular formula is C19H18FN5O. The summed E-state index contributed by atoms with van der Waals surface area (Å²) in [4.78, 5) is 8.26. The van der Waals surface area contributed by atoms with E-state index in [0.29, 0.717) is 22.6 Å².